The summed E-state index contributed by atoms with van der Waals surface area (Å²) in [5.41, 5.74) is 6.57. The third kappa shape index (κ3) is 2.77. The Kier molecular flexibility index (Phi) is 4.28. The van der Waals surface area contributed by atoms with E-state index >= 15 is 0 Å². The second-order valence-corrected chi connectivity index (χ2v) is 5.36. The number of nitrogen functional groups attached to an aromatic ring is 1. The maximum absolute atomic E-state index is 14.2. The smallest absolute Gasteiger partial charge is 0.257 e. The molecule has 1 fully saturated rings. The molecule has 2 unspecified atom stereocenters. The maximum atomic E-state index is 14.2. The van der Waals surface area contributed by atoms with E-state index in [9.17, 15) is 9.18 Å². The van der Waals surface area contributed by atoms with Crippen LogP contribution in [0.3, 0.4) is 0 Å². The Morgan fingerprint density at radius 2 is 2.25 bits per heavy atom. The van der Waals surface area contributed by atoms with Gasteiger partial charge >= 0.3 is 0 Å². The van der Waals surface area contributed by atoms with E-state index in [1.165, 1.54) is 12.1 Å². The fraction of sp³-hybridized carbons (Fsp3) is 0.533. The van der Waals surface area contributed by atoms with Gasteiger partial charge in [0.1, 0.15) is 5.82 Å². The third-order valence-corrected chi connectivity index (χ3v) is 3.71. The van der Waals surface area contributed by atoms with Crippen molar-refractivity contribution in [3.05, 3.63) is 29.1 Å². The zero-order chi connectivity index (χ0) is 14.9. The molecule has 1 aliphatic heterocycles. The molecule has 0 saturated carbocycles. The molecule has 5 heteroatoms. The number of halogens is 1. The molecule has 2 N–H and O–H groups in total. The SMILES string of the molecule is CCC1COC(C)CN1C(=O)c1cc(N)cc(C)c1F. The summed E-state index contributed by atoms with van der Waals surface area (Å²) in [6.45, 7) is 6.48. The molecule has 0 bridgehead atoms. The minimum absolute atomic E-state index is 0.0140. The number of carbonyl (C=O) groups is 1. The highest BCUT2D eigenvalue weighted by Gasteiger charge is 2.31. The van der Waals surface area contributed by atoms with Crippen molar-refractivity contribution in [3.63, 3.8) is 0 Å². The number of hydrogen-bond acceptors (Lipinski definition) is 3. The van der Waals surface area contributed by atoms with Gasteiger partial charge in [-0.15, -0.1) is 0 Å². The summed E-state index contributed by atoms with van der Waals surface area (Å²) in [6, 6.07) is 2.93. The fourth-order valence-corrected chi connectivity index (χ4v) is 2.54. The van der Waals surface area contributed by atoms with Crippen molar-refractivity contribution in [2.24, 2.45) is 0 Å². The number of anilines is 1. The molecule has 1 aromatic carbocycles. The van der Waals surface area contributed by atoms with Gasteiger partial charge in [0.25, 0.3) is 5.91 Å². The molecular formula is C15H21FN2O2. The second kappa shape index (κ2) is 5.79. The number of hydrogen-bond donors (Lipinski definition) is 1. The van der Waals surface area contributed by atoms with Crippen LogP contribution in [0.5, 0.6) is 0 Å². The van der Waals surface area contributed by atoms with Crippen LogP contribution in [-0.4, -0.2) is 36.1 Å². The van der Waals surface area contributed by atoms with E-state index in [1.54, 1.807) is 11.8 Å². The van der Waals surface area contributed by atoms with Crippen molar-refractivity contribution in [1.82, 2.24) is 4.90 Å². The van der Waals surface area contributed by atoms with Crippen molar-refractivity contribution >= 4 is 11.6 Å². The summed E-state index contributed by atoms with van der Waals surface area (Å²) in [7, 11) is 0. The monoisotopic (exact) mass is 280 g/mol. The van der Waals surface area contributed by atoms with Gasteiger partial charge in [-0.2, -0.15) is 0 Å². The summed E-state index contributed by atoms with van der Waals surface area (Å²) in [4.78, 5) is 14.3. The number of aryl methyl sites for hydroxylation is 1. The van der Waals surface area contributed by atoms with Crippen molar-refractivity contribution in [1.29, 1.82) is 0 Å². The van der Waals surface area contributed by atoms with E-state index < -0.39 is 5.82 Å². The van der Waals surface area contributed by atoms with Gasteiger partial charge in [0.15, 0.2) is 0 Å². The number of nitrogens with two attached hydrogens (primary N) is 1. The van der Waals surface area contributed by atoms with E-state index in [0.717, 1.165) is 6.42 Å². The zero-order valence-electron chi connectivity index (χ0n) is 12.1. The molecule has 1 saturated heterocycles. The summed E-state index contributed by atoms with van der Waals surface area (Å²) >= 11 is 0. The first-order chi connectivity index (χ1) is 9.43. The Bertz CT molecular complexity index is 519. The number of morpholine rings is 1. The summed E-state index contributed by atoms with van der Waals surface area (Å²) in [5.74, 6) is -0.793. The van der Waals surface area contributed by atoms with Crippen LogP contribution in [0, 0.1) is 12.7 Å². The largest absolute Gasteiger partial charge is 0.399 e. The standard InChI is InChI=1S/C15H21FN2O2/c1-4-12-8-20-10(3)7-18(12)15(19)13-6-11(17)5-9(2)14(13)16/h5-6,10,12H,4,7-8,17H2,1-3H3. The lowest BCUT2D eigenvalue weighted by Crippen LogP contribution is -2.51. The van der Waals surface area contributed by atoms with Crippen molar-refractivity contribution in [2.45, 2.75) is 39.3 Å². The topological polar surface area (TPSA) is 55.6 Å². The average Bonchev–Trinajstić information content (AvgIpc) is 2.42. The Hall–Kier alpha value is -1.62. The quantitative estimate of drug-likeness (QED) is 0.846. The van der Waals surface area contributed by atoms with Crippen molar-refractivity contribution < 1.29 is 13.9 Å². The van der Waals surface area contributed by atoms with E-state index in [4.69, 9.17) is 10.5 Å². The van der Waals surface area contributed by atoms with Crippen molar-refractivity contribution in [2.75, 3.05) is 18.9 Å². The predicted octanol–water partition coefficient (Wildman–Crippen LogP) is 2.36. The normalized spacial score (nSPS) is 22.9. The maximum Gasteiger partial charge on any atom is 0.257 e. The minimum atomic E-state index is -0.488. The van der Waals surface area contributed by atoms with Gasteiger partial charge in [-0.05, 0) is 38.0 Å². The van der Waals surface area contributed by atoms with Gasteiger partial charge in [0, 0.05) is 12.2 Å². The highest BCUT2D eigenvalue weighted by atomic mass is 19.1. The number of carbonyl (C=O) groups excluding carboxylic acids is 1. The lowest BCUT2D eigenvalue weighted by atomic mass is 10.0. The van der Waals surface area contributed by atoms with Gasteiger partial charge in [-0.25, -0.2) is 4.39 Å². The first-order valence-corrected chi connectivity index (χ1v) is 6.92. The van der Waals surface area contributed by atoms with Crippen LogP contribution in [0.15, 0.2) is 12.1 Å². The molecule has 0 radical (unpaired) electrons. The highest BCUT2D eigenvalue weighted by molar-refractivity contribution is 5.96. The second-order valence-electron chi connectivity index (χ2n) is 5.36. The average molecular weight is 280 g/mol. The van der Waals surface area contributed by atoms with E-state index in [0.29, 0.717) is 24.4 Å². The highest BCUT2D eigenvalue weighted by Crippen LogP contribution is 2.22. The lowest BCUT2D eigenvalue weighted by Gasteiger charge is -2.38. The van der Waals surface area contributed by atoms with Crippen LogP contribution in [0.1, 0.15) is 36.2 Å². The number of nitrogens with zero attached hydrogens (tertiary/aromatic N) is 1. The molecule has 0 spiro atoms. The molecule has 4 nitrogen and oxygen atoms in total. The van der Waals surface area contributed by atoms with Gasteiger partial charge in [0.05, 0.1) is 24.3 Å². The minimum Gasteiger partial charge on any atom is -0.399 e. The first-order valence-electron chi connectivity index (χ1n) is 6.92. The molecule has 1 aromatic rings. The van der Waals surface area contributed by atoms with Gasteiger partial charge in [-0.3, -0.25) is 4.79 Å². The molecular weight excluding hydrogens is 259 g/mol. The van der Waals surface area contributed by atoms with E-state index in [1.807, 2.05) is 13.8 Å². The Morgan fingerprint density at radius 1 is 1.55 bits per heavy atom. The Labute approximate surface area is 118 Å². The number of amides is 1. The lowest BCUT2D eigenvalue weighted by molar-refractivity contribution is -0.0445. The molecule has 0 aromatic heterocycles. The predicted molar refractivity (Wildman–Crippen MR) is 76.1 cm³/mol. The van der Waals surface area contributed by atoms with Crippen LogP contribution in [-0.2, 0) is 4.74 Å². The Morgan fingerprint density at radius 3 is 2.90 bits per heavy atom. The summed E-state index contributed by atoms with van der Waals surface area (Å²) in [5, 5.41) is 0. The molecule has 1 amide bonds. The number of benzene rings is 1. The van der Waals surface area contributed by atoms with Gasteiger partial charge in [-0.1, -0.05) is 6.92 Å². The molecule has 2 atom stereocenters. The molecule has 2 rings (SSSR count). The summed E-state index contributed by atoms with van der Waals surface area (Å²) in [6.07, 6.45) is 0.744. The van der Waals surface area contributed by atoms with Crippen LogP contribution < -0.4 is 5.73 Å². The van der Waals surface area contributed by atoms with Crippen LogP contribution in [0.4, 0.5) is 10.1 Å². The molecule has 1 heterocycles. The van der Waals surface area contributed by atoms with Crippen LogP contribution in [0.2, 0.25) is 0 Å². The fourth-order valence-electron chi connectivity index (χ4n) is 2.54. The van der Waals surface area contributed by atoms with Crippen molar-refractivity contribution in [3.8, 4) is 0 Å². The summed E-state index contributed by atoms with van der Waals surface area (Å²) < 4.78 is 19.7. The van der Waals surface area contributed by atoms with E-state index in [-0.39, 0.29) is 23.6 Å². The molecule has 20 heavy (non-hydrogen) atoms. The molecule has 0 aliphatic carbocycles. The third-order valence-electron chi connectivity index (χ3n) is 3.71. The zero-order valence-corrected chi connectivity index (χ0v) is 12.1. The van der Waals surface area contributed by atoms with E-state index in [2.05, 4.69) is 0 Å². The number of rotatable bonds is 2. The first kappa shape index (κ1) is 14.8. The number of ether oxygens (including phenoxy) is 1. The van der Waals surface area contributed by atoms with Crippen LogP contribution in [0.25, 0.3) is 0 Å². The van der Waals surface area contributed by atoms with Crippen LogP contribution >= 0.6 is 0 Å². The molecule has 110 valence electrons. The van der Waals surface area contributed by atoms with Gasteiger partial charge < -0.3 is 15.4 Å². The molecule has 1 aliphatic rings. The van der Waals surface area contributed by atoms with Gasteiger partial charge in [0.2, 0.25) is 0 Å². The Balaban J connectivity index is 2.34.